The third kappa shape index (κ3) is 5.10. The van der Waals surface area contributed by atoms with Crippen LogP contribution in [0.25, 0.3) is 11.1 Å². The number of anilines is 2. The number of nitrogen functional groups attached to an aromatic ring is 1. The fourth-order valence-corrected chi connectivity index (χ4v) is 4.46. The van der Waals surface area contributed by atoms with Gasteiger partial charge in [0, 0.05) is 50.9 Å². The van der Waals surface area contributed by atoms with Crippen molar-refractivity contribution in [1.82, 2.24) is 15.3 Å². The smallest absolute Gasteiger partial charge is 0.368 e. The number of aromatic nitrogens is 2. The molecule has 13 heteroatoms. The van der Waals surface area contributed by atoms with Gasteiger partial charge in [0.05, 0.1) is 11.6 Å². The Labute approximate surface area is 221 Å². The second kappa shape index (κ2) is 9.62. The van der Waals surface area contributed by atoms with Crippen LogP contribution >= 0.6 is 11.6 Å². The normalized spacial score (nSPS) is 14.6. The molecule has 3 aromatic carbocycles. The van der Waals surface area contributed by atoms with E-state index in [4.69, 9.17) is 17.3 Å². The van der Waals surface area contributed by atoms with Gasteiger partial charge >= 0.3 is 6.18 Å². The van der Waals surface area contributed by atoms with Crippen molar-refractivity contribution in [3.05, 3.63) is 105 Å². The Morgan fingerprint density at radius 1 is 0.974 bits per heavy atom. The lowest BCUT2D eigenvalue weighted by atomic mass is 9.93. The van der Waals surface area contributed by atoms with Crippen LogP contribution in [0.1, 0.15) is 43.4 Å². The Balaban J connectivity index is 1.66. The number of amides is 2. The lowest BCUT2D eigenvalue weighted by Crippen LogP contribution is -2.21. The summed E-state index contributed by atoms with van der Waals surface area (Å²) in [5.74, 6) is -3.60. The first-order valence-electron chi connectivity index (χ1n) is 11.1. The molecule has 0 aliphatic carbocycles. The predicted octanol–water partition coefficient (Wildman–Crippen LogP) is 5.76. The number of nitrogens with one attached hydrogen (secondary N) is 2. The zero-order valence-corrected chi connectivity index (χ0v) is 20.2. The molecular weight excluding hydrogens is 545 g/mol. The van der Waals surface area contributed by atoms with Gasteiger partial charge in [0.15, 0.2) is 0 Å². The Hall–Kier alpha value is -4.58. The van der Waals surface area contributed by atoms with E-state index in [0.717, 1.165) is 12.1 Å². The number of hydrogen-bond acceptors (Lipinski definition) is 5. The molecule has 198 valence electrons. The van der Waals surface area contributed by atoms with Crippen LogP contribution in [0.4, 0.5) is 33.6 Å². The van der Waals surface area contributed by atoms with Gasteiger partial charge in [0.25, 0.3) is 11.8 Å². The van der Waals surface area contributed by atoms with Crippen molar-refractivity contribution in [1.29, 1.82) is 0 Å². The minimum atomic E-state index is -4.90. The van der Waals surface area contributed by atoms with Crippen molar-refractivity contribution in [3.63, 3.8) is 0 Å². The zero-order valence-electron chi connectivity index (χ0n) is 19.4. The van der Waals surface area contributed by atoms with Crippen LogP contribution in [-0.2, 0) is 6.18 Å². The van der Waals surface area contributed by atoms with Gasteiger partial charge in [0.2, 0.25) is 5.95 Å². The molecule has 0 unspecified atom stereocenters. The van der Waals surface area contributed by atoms with E-state index < -0.39 is 46.8 Å². The standard InChI is InChI=1S/C26H15ClF5N5O2/c27-19-2-1-15(28)8-17(19)22-21-18(24(39)37-22)5-11(13-9-34-25(33)35-10-13)6-20(21)36-23(38)12-3-14(26(30,31)32)7-16(29)4-12/h1-10,22H,(H,36,38)(H,37,39)(H2,33,34,35)/t22-/m1/s1. The predicted molar refractivity (Wildman–Crippen MR) is 132 cm³/mol. The van der Waals surface area contributed by atoms with E-state index in [-0.39, 0.29) is 39.4 Å². The van der Waals surface area contributed by atoms with Crippen LogP contribution in [-0.4, -0.2) is 21.8 Å². The van der Waals surface area contributed by atoms with Gasteiger partial charge in [-0.1, -0.05) is 11.6 Å². The van der Waals surface area contributed by atoms with Crippen LogP contribution < -0.4 is 16.4 Å². The quantitative estimate of drug-likeness (QED) is 0.275. The summed E-state index contributed by atoms with van der Waals surface area (Å²) in [6.45, 7) is 0. The number of halogens is 6. The summed E-state index contributed by atoms with van der Waals surface area (Å²) in [6, 6.07) is 6.81. The Bertz CT molecular complexity index is 1640. The number of fused-ring (bicyclic) bond motifs is 1. The molecule has 0 radical (unpaired) electrons. The molecule has 1 aromatic heterocycles. The first kappa shape index (κ1) is 26.0. The molecule has 1 atom stereocenters. The number of nitrogens with two attached hydrogens (primary N) is 1. The fourth-order valence-electron chi connectivity index (χ4n) is 4.24. The summed E-state index contributed by atoms with van der Waals surface area (Å²) in [6.07, 6.45) is -2.17. The van der Waals surface area contributed by atoms with Crippen LogP contribution in [0.3, 0.4) is 0 Å². The number of hydrogen-bond donors (Lipinski definition) is 3. The molecule has 0 bridgehead atoms. The number of rotatable bonds is 4. The summed E-state index contributed by atoms with van der Waals surface area (Å²) in [5, 5.41) is 5.27. The van der Waals surface area contributed by atoms with E-state index in [9.17, 15) is 31.5 Å². The molecule has 4 N–H and O–H groups in total. The topological polar surface area (TPSA) is 110 Å². The monoisotopic (exact) mass is 559 g/mol. The maximum Gasteiger partial charge on any atom is 0.416 e. The third-order valence-corrected chi connectivity index (χ3v) is 6.34. The van der Waals surface area contributed by atoms with Gasteiger partial charge in [-0.3, -0.25) is 9.59 Å². The summed E-state index contributed by atoms with van der Waals surface area (Å²) < 4.78 is 67.8. The molecule has 0 spiro atoms. The largest absolute Gasteiger partial charge is 0.416 e. The van der Waals surface area contributed by atoms with E-state index in [0.29, 0.717) is 23.3 Å². The Morgan fingerprint density at radius 2 is 1.69 bits per heavy atom. The molecule has 0 saturated carbocycles. The van der Waals surface area contributed by atoms with Gasteiger partial charge < -0.3 is 16.4 Å². The van der Waals surface area contributed by atoms with Gasteiger partial charge in [-0.2, -0.15) is 13.2 Å². The molecule has 39 heavy (non-hydrogen) atoms. The first-order chi connectivity index (χ1) is 18.4. The molecule has 5 rings (SSSR count). The number of benzene rings is 3. The zero-order chi connectivity index (χ0) is 28.1. The van der Waals surface area contributed by atoms with Gasteiger partial charge in [0.1, 0.15) is 11.6 Å². The van der Waals surface area contributed by atoms with Crippen molar-refractivity contribution in [2.24, 2.45) is 0 Å². The minimum Gasteiger partial charge on any atom is -0.368 e. The fraction of sp³-hybridized carbons (Fsp3) is 0.0769. The first-order valence-corrected chi connectivity index (χ1v) is 11.5. The van der Waals surface area contributed by atoms with E-state index in [2.05, 4.69) is 20.6 Å². The Kier molecular flexibility index (Phi) is 6.43. The highest BCUT2D eigenvalue weighted by Crippen LogP contribution is 2.42. The highest BCUT2D eigenvalue weighted by molar-refractivity contribution is 6.31. The number of alkyl halides is 3. The number of nitrogens with zero attached hydrogens (tertiary/aromatic N) is 2. The van der Waals surface area contributed by atoms with Crippen molar-refractivity contribution in [2.75, 3.05) is 11.1 Å². The second-order valence-corrected chi connectivity index (χ2v) is 8.97. The third-order valence-electron chi connectivity index (χ3n) is 6.00. The number of carbonyl (C=O) groups excluding carboxylic acids is 2. The highest BCUT2D eigenvalue weighted by atomic mass is 35.5. The average molecular weight is 560 g/mol. The van der Waals surface area contributed by atoms with E-state index in [1.54, 1.807) is 0 Å². The summed E-state index contributed by atoms with van der Waals surface area (Å²) in [7, 11) is 0. The van der Waals surface area contributed by atoms with Gasteiger partial charge in [-0.25, -0.2) is 18.7 Å². The van der Waals surface area contributed by atoms with Crippen LogP contribution in [0.15, 0.2) is 60.9 Å². The summed E-state index contributed by atoms with van der Waals surface area (Å²) in [5.41, 5.74) is 4.71. The maximum absolute atomic E-state index is 14.1. The molecular formula is C26H15ClF5N5O2. The molecule has 0 saturated heterocycles. The van der Waals surface area contributed by atoms with E-state index in [1.165, 1.54) is 30.6 Å². The lowest BCUT2D eigenvalue weighted by Gasteiger charge is -2.19. The molecule has 1 aliphatic rings. The molecule has 7 nitrogen and oxygen atoms in total. The van der Waals surface area contributed by atoms with Crippen molar-refractivity contribution >= 4 is 35.1 Å². The van der Waals surface area contributed by atoms with E-state index in [1.807, 2.05) is 0 Å². The molecule has 2 heterocycles. The van der Waals surface area contributed by atoms with Crippen LogP contribution in [0.5, 0.6) is 0 Å². The second-order valence-electron chi connectivity index (χ2n) is 8.57. The summed E-state index contributed by atoms with van der Waals surface area (Å²) in [4.78, 5) is 33.9. The molecule has 0 fully saturated rings. The SMILES string of the molecule is Nc1ncc(-c2cc(NC(=O)c3cc(F)cc(C(F)(F)F)c3)c3c(c2)C(=O)N[C@@H]3c2cc(F)ccc2Cl)cn1. The summed E-state index contributed by atoms with van der Waals surface area (Å²) >= 11 is 6.28. The van der Waals surface area contributed by atoms with E-state index >= 15 is 0 Å². The van der Waals surface area contributed by atoms with Crippen molar-refractivity contribution < 1.29 is 31.5 Å². The molecule has 1 aliphatic heterocycles. The average Bonchev–Trinajstić information content (AvgIpc) is 3.21. The minimum absolute atomic E-state index is 0.0152. The van der Waals surface area contributed by atoms with Gasteiger partial charge in [-0.05, 0) is 54.1 Å². The molecule has 2 amide bonds. The van der Waals surface area contributed by atoms with Crippen LogP contribution in [0, 0.1) is 11.6 Å². The van der Waals surface area contributed by atoms with Gasteiger partial charge in [-0.15, -0.1) is 0 Å². The van der Waals surface area contributed by atoms with Crippen molar-refractivity contribution in [2.45, 2.75) is 12.2 Å². The maximum atomic E-state index is 14.1. The van der Waals surface area contributed by atoms with Crippen LogP contribution in [0.2, 0.25) is 5.02 Å². The Morgan fingerprint density at radius 3 is 2.38 bits per heavy atom. The molecule has 4 aromatic rings. The highest BCUT2D eigenvalue weighted by Gasteiger charge is 2.36. The lowest BCUT2D eigenvalue weighted by molar-refractivity contribution is -0.137. The van der Waals surface area contributed by atoms with Crippen molar-refractivity contribution in [3.8, 4) is 11.1 Å². The number of carbonyl (C=O) groups is 2.